The second-order valence-corrected chi connectivity index (χ2v) is 10.5. The summed E-state index contributed by atoms with van der Waals surface area (Å²) in [7, 11) is 0. The van der Waals surface area contributed by atoms with Crippen LogP contribution in [0.15, 0.2) is 72.8 Å². The van der Waals surface area contributed by atoms with E-state index >= 15 is 0 Å². The van der Waals surface area contributed by atoms with E-state index in [-0.39, 0.29) is 29.4 Å². The van der Waals surface area contributed by atoms with Crippen LogP contribution >= 0.6 is 23.4 Å². The second kappa shape index (κ2) is 13.5. The molecule has 0 saturated carbocycles. The number of carbonyl (C=O) groups excluding carboxylic acids is 2. The molecule has 0 fully saturated rings. The number of nitrogens with one attached hydrogen (secondary N) is 1. The Balaban J connectivity index is 1.86. The maximum Gasteiger partial charge on any atom is 0.243 e. The van der Waals surface area contributed by atoms with E-state index in [2.05, 4.69) is 5.32 Å². The Morgan fingerprint density at radius 2 is 1.67 bits per heavy atom. The summed E-state index contributed by atoms with van der Waals surface area (Å²) in [5.41, 5.74) is 3.40. The lowest BCUT2D eigenvalue weighted by Gasteiger charge is -2.32. The topological polar surface area (TPSA) is 49.4 Å². The second-order valence-electron chi connectivity index (χ2n) is 9.07. The van der Waals surface area contributed by atoms with Crippen molar-refractivity contribution in [2.75, 3.05) is 5.75 Å². The maximum atomic E-state index is 14.2. The number of halogens is 2. The Labute approximate surface area is 222 Å². The molecular formula is C29H32ClFN2O2S. The molecule has 0 unspecified atom stereocenters. The number of thioether (sulfide) groups is 1. The molecule has 0 aliphatic heterocycles. The smallest absolute Gasteiger partial charge is 0.243 e. The van der Waals surface area contributed by atoms with Gasteiger partial charge in [-0.15, -0.1) is 11.8 Å². The zero-order chi connectivity index (χ0) is 26.1. The first kappa shape index (κ1) is 27.8. The Morgan fingerprint density at radius 3 is 2.31 bits per heavy atom. The van der Waals surface area contributed by atoms with Crippen LogP contribution in [0.4, 0.5) is 4.39 Å². The van der Waals surface area contributed by atoms with E-state index in [1.165, 1.54) is 17.8 Å². The van der Waals surface area contributed by atoms with Crippen LogP contribution in [0.1, 0.15) is 36.1 Å². The predicted octanol–water partition coefficient (Wildman–Crippen LogP) is 6.19. The first-order valence-corrected chi connectivity index (χ1v) is 13.5. The zero-order valence-corrected chi connectivity index (χ0v) is 22.4. The molecule has 1 atom stereocenters. The van der Waals surface area contributed by atoms with Crippen molar-refractivity contribution in [3.8, 4) is 0 Å². The van der Waals surface area contributed by atoms with E-state index < -0.39 is 11.9 Å². The summed E-state index contributed by atoms with van der Waals surface area (Å²) in [6, 6.07) is 21.4. The van der Waals surface area contributed by atoms with Gasteiger partial charge in [0.2, 0.25) is 11.8 Å². The van der Waals surface area contributed by atoms with Crippen molar-refractivity contribution in [2.45, 2.75) is 51.6 Å². The standard InChI is InChI=1S/C29H32ClFN2O2S/c1-20(2)32-29(35)27(16-22-8-5-4-6-9-22)33(17-23-14-12-21(3)13-15-23)28(34)19-36-18-24-25(30)10-7-11-26(24)31/h4-15,20,27H,16-19H2,1-3H3,(H,32,35)/t27-/m0/s1. The molecule has 4 nitrogen and oxygen atoms in total. The third kappa shape index (κ3) is 8.10. The molecular weight excluding hydrogens is 495 g/mol. The minimum atomic E-state index is -0.693. The largest absolute Gasteiger partial charge is 0.352 e. The number of rotatable bonds is 11. The van der Waals surface area contributed by atoms with Crippen LogP contribution in [0.2, 0.25) is 5.02 Å². The average molecular weight is 527 g/mol. The van der Waals surface area contributed by atoms with Gasteiger partial charge in [0.15, 0.2) is 0 Å². The van der Waals surface area contributed by atoms with Gasteiger partial charge in [-0.2, -0.15) is 0 Å². The van der Waals surface area contributed by atoms with Crippen LogP contribution in [0, 0.1) is 12.7 Å². The minimum absolute atomic E-state index is 0.0651. The van der Waals surface area contributed by atoms with Crippen molar-refractivity contribution in [3.05, 3.63) is 106 Å². The summed E-state index contributed by atoms with van der Waals surface area (Å²) in [6.45, 7) is 6.10. The molecule has 1 N–H and O–H groups in total. The molecule has 0 saturated heterocycles. The fourth-order valence-corrected chi connectivity index (χ4v) is 5.07. The Hall–Kier alpha value is -2.83. The van der Waals surface area contributed by atoms with Gasteiger partial charge in [-0.25, -0.2) is 4.39 Å². The molecule has 0 heterocycles. The van der Waals surface area contributed by atoms with Crippen molar-refractivity contribution in [2.24, 2.45) is 0 Å². The summed E-state index contributed by atoms with van der Waals surface area (Å²) < 4.78 is 14.2. The molecule has 190 valence electrons. The van der Waals surface area contributed by atoms with Crippen LogP contribution in [0.3, 0.4) is 0 Å². The monoisotopic (exact) mass is 526 g/mol. The summed E-state index contributed by atoms with van der Waals surface area (Å²) in [5, 5.41) is 3.32. The van der Waals surface area contributed by atoms with Gasteiger partial charge < -0.3 is 10.2 Å². The molecule has 7 heteroatoms. The van der Waals surface area contributed by atoms with E-state index in [0.29, 0.717) is 23.6 Å². The highest BCUT2D eigenvalue weighted by Gasteiger charge is 2.30. The third-order valence-corrected chi connectivity index (χ3v) is 7.01. The number of carbonyl (C=O) groups is 2. The molecule has 0 aromatic heterocycles. The van der Waals surface area contributed by atoms with Gasteiger partial charge in [0, 0.05) is 35.3 Å². The van der Waals surface area contributed by atoms with Gasteiger partial charge in [0.1, 0.15) is 11.9 Å². The number of nitrogens with zero attached hydrogens (tertiary/aromatic N) is 1. The van der Waals surface area contributed by atoms with Gasteiger partial charge in [-0.1, -0.05) is 77.8 Å². The van der Waals surface area contributed by atoms with E-state index in [1.807, 2.05) is 75.4 Å². The van der Waals surface area contributed by atoms with Crippen molar-refractivity contribution in [1.29, 1.82) is 0 Å². The fourth-order valence-electron chi connectivity index (χ4n) is 3.82. The highest BCUT2D eigenvalue weighted by Crippen LogP contribution is 2.25. The molecule has 3 aromatic rings. The van der Waals surface area contributed by atoms with E-state index in [1.54, 1.807) is 17.0 Å². The molecule has 0 aliphatic rings. The normalized spacial score (nSPS) is 11.8. The van der Waals surface area contributed by atoms with Gasteiger partial charge >= 0.3 is 0 Å². The molecule has 2 amide bonds. The van der Waals surface area contributed by atoms with Crippen molar-refractivity contribution in [1.82, 2.24) is 10.2 Å². The predicted molar refractivity (Wildman–Crippen MR) is 147 cm³/mol. The average Bonchev–Trinajstić information content (AvgIpc) is 2.84. The van der Waals surface area contributed by atoms with Crippen LogP contribution in [-0.4, -0.2) is 34.6 Å². The molecule has 3 aromatic carbocycles. The lowest BCUT2D eigenvalue weighted by molar-refractivity contribution is -0.139. The number of hydrogen-bond acceptors (Lipinski definition) is 3. The van der Waals surface area contributed by atoms with Crippen LogP contribution in [-0.2, 0) is 28.3 Å². The quantitative estimate of drug-likeness (QED) is 0.324. The zero-order valence-electron chi connectivity index (χ0n) is 20.8. The first-order valence-electron chi connectivity index (χ1n) is 11.9. The number of aryl methyl sites for hydroxylation is 1. The Kier molecular flexibility index (Phi) is 10.4. The van der Waals surface area contributed by atoms with Gasteiger partial charge in [0.25, 0.3) is 0 Å². The fraction of sp³-hybridized carbons (Fsp3) is 0.310. The van der Waals surface area contributed by atoms with Crippen LogP contribution in [0.25, 0.3) is 0 Å². The molecule has 36 heavy (non-hydrogen) atoms. The van der Waals surface area contributed by atoms with Gasteiger partial charge in [0.05, 0.1) is 5.75 Å². The molecule has 3 rings (SSSR count). The van der Waals surface area contributed by atoms with Crippen molar-refractivity contribution in [3.63, 3.8) is 0 Å². The van der Waals surface area contributed by atoms with E-state index in [0.717, 1.165) is 16.7 Å². The number of amides is 2. The summed E-state index contributed by atoms with van der Waals surface area (Å²) >= 11 is 7.44. The lowest BCUT2D eigenvalue weighted by Crippen LogP contribution is -2.52. The lowest BCUT2D eigenvalue weighted by atomic mass is 10.0. The van der Waals surface area contributed by atoms with Gasteiger partial charge in [-0.3, -0.25) is 9.59 Å². The van der Waals surface area contributed by atoms with Crippen molar-refractivity contribution < 1.29 is 14.0 Å². The van der Waals surface area contributed by atoms with Crippen LogP contribution in [0.5, 0.6) is 0 Å². The third-order valence-electron chi connectivity index (χ3n) is 5.71. The molecule has 0 bridgehead atoms. The summed E-state index contributed by atoms with van der Waals surface area (Å²) in [6.07, 6.45) is 0.390. The minimum Gasteiger partial charge on any atom is -0.352 e. The highest BCUT2D eigenvalue weighted by atomic mass is 35.5. The SMILES string of the molecule is Cc1ccc(CN(C(=O)CSCc2c(F)cccc2Cl)[C@@H](Cc2ccccc2)C(=O)NC(C)C)cc1. The highest BCUT2D eigenvalue weighted by molar-refractivity contribution is 7.99. The Morgan fingerprint density at radius 1 is 0.972 bits per heavy atom. The number of hydrogen-bond donors (Lipinski definition) is 1. The first-order chi connectivity index (χ1) is 17.2. The molecule has 0 radical (unpaired) electrons. The summed E-state index contributed by atoms with van der Waals surface area (Å²) in [5.74, 6) is -0.421. The van der Waals surface area contributed by atoms with Gasteiger partial charge in [-0.05, 0) is 44.0 Å². The molecule has 0 aliphatic carbocycles. The maximum absolute atomic E-state index is 14.2. The van der Waals surface area contributed by atoms with E-state index in [9.17, 15) is 14.0 Å². The summed E-state index contributed by atoms with van der Waals surface area (Å²) in [4.78, 5) is 28.6. The molecule has 0 spiro atoms. The number of benzene rings is 3. The van der Waals surface area contributed by atoms with E-state index in [4.69, 9.17) is 11.6 Å². The van der Waals surface area contributed by atoms with Crippen molar-refractivity contribution >= 4 is 35.2 Å². The Bertz CT molecular complexity index is 1140. The van der Waals surface area contributed by atoms with Crippen LogP contribution < -0.4 is 5.32 Å².